The Morgan fingerprint density at radius 3 is 2.82 bits per heavy atom. The number of nitrogens with zero attached hydrogens (tertiary/aromatic N) is 4. The Hall–Kier alpha value is -2.62. The first kappa shape index (κ1) is 24.5. The minimum absolute atomic E-state index is 0.0513. The second kappa shape index (κ2) is 12.2. The van der Waals surface area contributed by atoms with Crippen molar-refractivity contribution < 1.29 is 14.3 Å². The van der Waals surface area contributed by atoms with Crippen LogP contribution < -0.4 is 15.5 Å². The molecule has 0 atom stereocenters. The Kier molecular flexibility index (Phi) is 8.79. The van der Waals surface area contributed by atoms with Gasteiger partial charge in [-0.3, -0.25) is 4.79 Å². The van der Waals surface area contributed by atoms with Crippen molar-refractivity contribution in [3.05, 3.63) is 35.0 Å². The summed E-state index contributed by atoms with van der Waals surface area (Å²) in [5.41, 5.74) is 3.39. The Bertz CT molecular complexity index is 970. The quantitative estimate of drug-likeness (QED) is 0.519. The van der Waals surface area contributed by atoms with Gasteiger partial charge in [-0.1, -0.05) is 18.5 Å². The van der Waals surface area contributed by atoms with Crippen LogP contribution in [-0.2, 0) is 20.7 Å². The molecule has 2 N–H and O–H groups in total. The normalized spacial score (nSPS) is 16.9. The molecule has 0 radical (unpaired) electrons. The Morgan fingerprint density at radius 2 is 2.00 bits per heavy atom. The maximum absolute atomic E-state index is 12.0. The van der Waals surface area contributed by atoms with Crippen LogP contribution in [0.5, 0.6) is 0 Å². The van der Waals surface area contributed by atoms with Gasteiger partial charge in [-0.05, 0) is 43.0 Å². The van der Waals surface area contributed by atoms with Gasteiger partial charge in [0.2, 0.25) is 11.9 Å². The molecule has 0 aliphatic carbocycles. The van der Waals surface area contributed by atoms with E-state index in [-0.39, 0.29) is 12.5 Å². The maximum Gasteiger partial charge on any atom is 0.248 e. The fraction of sp³-hybridized carbons (Fsp3) is 0.542. The lowest BCUT2D eigenvalue weighted by Crippen LogP contribution is -2.36. The van der Waals surface area contributed by atoms with Gasteiger partial charge in [0.15, 0.2) is 0 Å². The molecule has 1 aromatic carbocycles. The van der Waals surface area contributed by atoms with Crippen LogP contribution in [0.4, 0.5) is 23.1 Å². The minimum Gasteiger partial charge on any atom is -0.378 e. The second-order valence-corrected chi connectivity index (χ2v) is 8.78. The van der Waals surface area contributed by atoms with Crippen molar-refractivity contribution in [2.24, 2.45) is 0 Å². The number of hydrogen-bond donors (Lipinski definition) is 2. The van der Waals surface area contributed by atoms with E-state index in [0.29, 0.717) is 36.5 Å². The third-order valence-electron chi connectivity index (χ3n) is 6.03. The molecule has 0 unspecified atom stereocenters. The molecule has 3 heterocycles. The van der Waals surface area contributed by atoms with Gasteiger partial charge in [-0.25, -0.2) is 4.98 Å². The van der Waals surface area contributed by atoms with Gasteiger partial charge in [-0.2, -0.15) is 4.98 Å². The van der Waals surface area contributed by atoms with Crippen LogP contribution >= 0.6 is 11.6 Å². The fourth-order valence-corrected chi connectivity index (χ4v) is 4.29. The van der Waals surface area contributed by atoms with Gasteiger partial charge in [-0.15, -0.1) is 0 Å². The molecule has 0 saturated carbocycles. The summed E-state index contributed by atoms with van der Waals surface area (Å²) in [6.07, 6.45) is 4.15. The first-order valence-electron chi connectivity index (χ1n) is 12.0. The summed E-state index contributed by atoms with van der Waals surface area (Å²) in [4.78, 5) is 25.2. The Balaban J connectivity index is 1.35. The number of halogens is 1. The predicted octanol–water partition coefficient (Wildman–Crippen LogP) is 3.32. The van der Waals surface area contributed by atoms with E-state index in [1.165, 1.54) is 11.3 Å². The van der Waals surface area contributed by atoms with Crippen LogP contribution in [0.25, 0.3) is 0 Å². The number of carbonyl (C=O) groups is 1. The van der Waals surface area contributed by atoms with E-state index in [9.17, 15) is 4.79 Å². The first-order valence-corrected chi connectivity index (χ1v) is 12.4. The number of ether oxygens (including phenoxy) is 2. The van der Waals surface area contributed by atoms with Crippen LogP contribution in [-0.4, -0.2) is 79.9 Å². The molecule has 2 aliphatic heterocycles. The van der Waals surface area contributed by atoms with Crippen molar-refractivity contribution in [1.29, 1.82) is 0 Å². The third-order valence-corrected chi connectivity index (χ3v) is 6.31. The molecule has 10 heteroatoms. The molecule has 1 aromatic heterocycles. The molecule has 2 aliphatic rings. The summed E-state index contributed by atoms with van der Waals surface area (Å²) in [7, 11) is 0. The van der Waals surface area contributed by atoms with Crippen LogP contribution in [0.15, 0.2) is 24.4 Å². The first-order chi connectivity index (χ1) is 16.6. The Morgan fingerprint density at radius 1 is 1.15 bits per heavy atom. The van der Waals surface area contributed by atoms with E-state index in [0.717, 1.165) is 57.8 Å². The van der Waals surface area contributed by atoms with Crippen LogP contribution in [0.2, 0.25) is 5.02 Å². The molecular formula is C24H33ClN6O3. The van der Waals surface area contributed by atoms with E-state index >= 15 is 0 Å². The van der Waals surface area contributed by atoms with E-state index in [1.807, 2.05) is 4.90 Å². The second-order valence-electron chi connectivity index (χ2n) is 8.38. The summed E-state index contributed by atoms with van der Waals surface area (Å²) in [6.45, 7) is 8.36. The zero-order valence-corrected chi connectivity index (χ0v) is 20.4. The van der Waals surface area contributed by atoms with Crippen LogP contribution in [0.3, 0.4) is 0 Å². The van der Waals surface area contributed by atoms with Crippen molar-refractivity contribution in [2.75, 3.05) is 74.7 Å². The highest BCUT2D eigenvalue weighted by Gasteiger charge is 2.17. The Labute approximate surface area is 205 Å². The molecule has 2 aromatic rings. The van der Waals surface area contributed by atoms with Crippen molar-refractivity contribution in [3.8, 4) is 0 Å². The number of rotatable bonds is 9. The number of anilines is 4. The minimum atomic E-state index is 0.0513. The molecule has 2 saturated heterocycles. The molecule has 184 valence electrons. The average molecular weight is 489 g/mol. The summed E-state index contributed by atoms with van der Waals surface area (Å²) >= 11 is 6.32. The average Bonchev–Trinajstić information content (AvgIpc) is 3.08. The number of amides is 1. The van der Waals surface area contributed by atoms with Crippen molar-refractivity contribution in [1.82, 2.24) is 14.9 Å². The van der Waals surface area contributed by atoms with Gasteiger partial charge >= 0.3 is 0 Å². The van der Waals surface area contributed by atoms with E-state index < -0.39 is 0 Å². The van der Waals surface area contributed by atoms with Crippen LogP contribution in [0, 0.1) is 0 Å². The summed E-state index contributed by atoms with van der Waals surface area (Å²) in [5.74, 6) is 1.11. The summed E-state index contributed by atoms with van der Waals surface area (Å²) in [6, 6.07) is 6.42. The zero-order chi connectivity index (χ0) is 23.8. The van der Waals surface area contributed by atoms with Gasteiger partial charge in [0.1, 0.15) is 17.4 Å². The van der Waals surface area contributed by atoms with Crippen molar-refractivity contribution >= 4 is 40.6 Å². The molecule has 2 fully saturated rings. The number of hydrogen-bond acceptors (Lipinski definition) is 8. The molecular weight excluding hydrogens is 456 g/mol. The molecule has 4 rings (SSSR count). The van der Waals surface area contributed by atoms with Crippen molar-refractivity contribution in [3.63, 3.8) is 0 Å². The third kappa shape index (κ3) is 6.49. The predicted molar refractivity (Wildman–Crippen MR) is 134 cm³/mol. The number of aromatic nitrogens is 2. The summed E-state index contributed by atoms with van der Waals surface area (Å²) < 4.78 is 10.8. The van der Waals surface area contributed by atoms with E-state index in [2.05, 4.69) is 50.6 Å². The fourth-order valence-electron chi connectivity index (χ4n) is 4.13. The number of benzene rings is 1. The lowest BCUT2D eigenvalue weighted by atomic mass is 10.1. The molecule has 34 heavy (non-hydrogen) atoms. The van der Waals surface area contributed by atoms with Crippen LogP contribution in [0.1, 0.15) is 25.3 Å². The summed E-state index contributed by atoms with van der Waals surface area (Å²) in [5, 5.41) is 7.09. The number of nitrogens with one attached hydrogen (secondary N) is 2. The highest BCUT2D eigenvalue weighted by molar-refractivity contribution is 6.32. The molecule has 0 spiro atoms. The SMILES string of the molecule is CCc1cc(N2CCOCC2)ccc1Nc1ncc(Cl)c(NCCCN2CCCOCC2=O)n1. The standard InChI is InChI=1S/C24H33ClN6O3/c1-2-18-15-19(30-10-13-33-14-11-30)5-6-21(18)28-24-27-16-20(25)23(29-24)26-7-3-8-31-9-4-12-34-17-22(31)32/h5-6,15-16H,2-4,7-14,17H2,1H3,(H2,26,27,28,29). The lowest BCUT2D eigenvalue weighted by Gasteiger charge is -2.29. The van der Waals surface area contributed by atoms with E-state index in [4.69, 9.17) is 21.1 Å². The number of morpholine rings is 1. The molecule has 9 nitrogen and oxygen atoms in total. The monoisotopic (exact) mass is 488 g/mol. The highest BCUT2D eigenvalue weighted by atomic mass is 35.5. The molecule has 1 amide bonds. The topological polar surface area (TPSA) is 91.9 Å². The number of aryl methyl sites for hydroxylation is 1. The smallest absolute Gasteiger partial charge is 0.248 e. The maximum atomic E-state index is 12.0. The zero-order valence-electron chi connectivity index (χ0n) is 19.7. The van der Waals surface area contributed by atoms with Crippen molar-refractivity contribution in [2.45, 2.75) is 26.2 Å². The van der Waals surface area contributed by atoms with Gasteiger partial charge in [0, 0.05) is 50.7 Å². The lowest BCUT2D eigenvalue weighted by molar-refractivity contribution is -0.133. The van der Waals surface area contributed by atoms with Gasteiger partial charge in [0.05, 0.1) is 19.4 Å². The van der Waals surface area contributed by atoms with Gasteiger partial charge in [0.25, 0.3) is 0 Å². The number of carbonyl (C=O) groups excluding carboxylic acids is 1. The van der Waals surface area contributed by atoms with Gasteiger partial charge < -0.3 is 29.9 Å². The highest BCUT2D eigenvalue weighted by Crippen LogP contribution is 2.27. The van der Waals surface area contributed by atoms with E-state index in [1.54, 1.807) is 6.20 Å². The molecule has 0 bridgehead atoms. The largest absolute Gasteiger partial charge is 0.378 e.